The number of rotatable bonds is 4. The Balaban J connectivity index is 2.05. The maximum absolute atomic E-state index is 13.3. The Morgan fingerprint density at radius 2 is 1.48 bits per heavy atom. The van der Waals surface area contributed by atoms with Crippen molar-refractivity contribution >= 4 is 5.69 Å². The van der Waals surface area contributed by atoms with Crippen molar-refractivity contribution in [2.24, 2.45) is 0 Å². The van der Waals surface area contributed by atoms with Gasteiger partial charge >= 0.3 is 6.18 Å². The Hall–Kier alpha value is -2.15. The van der Waals surface area contributed by atoms with Gasteiger partial charge < -0.3 is 5.43 Å². The van der Waals surface area contributed by atoms with Crippen LogP contribution in [0.15, 0.2) is 42.5 Å². The molecule has 0 amide bonds. The van der Waals surface area contributed by atoms with E-state index in [9.17, 15) is 22.0 Å². The molecule has 112 valence electrons. The first-order valence-corrected chi connectivity index (χ1v) is 5.97. The Bertz CT molecular complexity index is 588. The zero-order valence-corrected chi connectivity index (χ0v) is 10.6. The van der Waals surface area contributed by atoms with Crippen LogP contribution in [0.1, 0.15) is 11.1 Å². The lowest BCUT2D eigenvalue weighted by Crippen LogP contribution is -2.21. The van der Waals surface area contributed by atoms with Crippen molar-refractivity contribution in [3.63, 3.8) is 0 Å². The molecular weight excluding hydrogens is 291 g/mol. The summed E-state index contributed by atoms with van der Waals surface area (Å²) >= 11 is 0. The summed E-state index contributed by atoms with van der Waals surface area (Å²) in [6, 6.07) is 10.2. The predicted octanol–water partition coefficient (Wildman–Crippen LogP) is 4.10. The molecule has 0 fully saturated rings. The van der Waals surface area contributed by atoms with E-state index in [1.165, 1.54) is 0 Å². The maximum atomic E-state index is 13.3. The highest BCUT2D eigenvalue weighted by Crippen LogP contribution is 2.33. The molecule has 0 saturated carbocycles. The van der Waals surface area contributed by atoms with Gasteiger partial charge in [0, 0.05) is 12.2 Å². The van der Waals surface area contributed by atoms with Crippen molar-refractivity contribution in [2.75, 3.05) is 5.43 Å². The molecule has 7 heteroatoms. The number of hydrazine groups is 1. The molecule has 0 aliphatic carbocycles. The summed E-state index contributed by atoms with van der Waals surface area (Å²) in [6.07, 6.45) is -5.05. The van der Waals surface area contributed by atoms with E-state index in [0.29, 0.717) is 17.8 Å². The topological polar surface area (TPSA) is 24.1 Å². The second-order valence-corrected chi connectivity index (χ2v) is 4.28. The van der Waals surface area contributed by atoms with Gasteiger partial charge in [-0.2, -0.15) is 13.2 Å². The lowest BCUT2D eigenvalue weighted by atomic mass is 10.1. The van der Waals surface area contributed by atoms with E-state index in [-0.39, 0.29) is 12.1 Å². The van der Waals surface area contributed by atoms with Gasteiger partial charge in [-0.1, -0.05) is 18.2 Å². The molecule has 0 aromatic heterocycles. The summed E-state index contributed by atoms with van der Waals surface area (Å²) in [5.74, 6) is -3.25. The molecule has 0 aliphatic heterocycles. The summed E-state index contributed by atoms with van der Waals surface area (Å²) in [6.45, 7) is -0.0408. The molecule has 0 spiro atoms. The molecule has 2 nitrogen and oxygen atoms in total. The first-order valence-electron chi connectivity index (χ1n) is 5.97. The molecule has 0 heterocycles. The minimum atomic E-state index is -5.05. The van der Waals surface area contributed by atoms with Crippen LogP contribution in [-0.4, -0.2) is 0 Å². The third-order valence-corrected chi connectivity index (χ3v) is 2.68. The van der Waals surface area contributed by atoms with Gasteiger partial charge in [-0.3, -0.25) is 0 Å². The average molecular weight is 302 g/mol. The average Bonchev–Trinajstić information content (AvgIpc) is 2.37. The van der Waals surface area contributed by atoms with E-state index in [1.807, 2.05) is 6.07 Å². The van der Waals surface area contributed by atoms with Gasteiger partial charge in [0.05, 0.1) is 0 Å². The Morgan fingerprint density at radius 3 is 2.00 bits per heavy atom. The Labute approximate surface area is 117 Å². The molecule has 0 bridgehead atoms. The van der Waals surface area contributed by atoms with Crippen LogP contribution in [-0.2, 0) is 12.7 Å². The minimum Gasteiger partial charge on any atom is -0.321 e. The van der Waals surface area contributed by atoms with Crippen molar-refractivity contribution < 1.29 is 22.0 Å². The molecule has 0 radical (unpaired) electrons. The molecule has 21 heavy (non-hydrogen) atoms. The minimum absolute atomic E-state index is 0.0408. The molecule has 0 atom stereocenters. The summed E-state index contributed by atoms with van der Waals surface area (Å²) < 4.78 is 63.9. The molecule has 0 unspecified atom stereocenters. The first-order chi connectivity index (χ1) is 9.88. The van der Waals surface area contributed by atoms with Crippen LogP contribution in [0.5, 0.6) is 0 Å². The molecular formula is C14H11F5N2. The zero-order chi connectivity index (χ0) is 15.5. The maximum Gasteiger partial charge on any atom is 0.422 e. The van der Waals surface area contributed by atoms with E-state index in [2.05, 4.69) is 10.9 Å². The van der Waals surface area contributed by atoms with Crippen molar-refractivity contribution in [1.82, 2.24) is 5.43 Å². The summed E-state index contributed by atoms with van der Waals surface area (Å²) in [5.41, 5.74) is 4.32. The third kappa shape index (κ3) is 3.91. The molecule has 0 aliphatic rings. The highest BCUT2D eigenvalue weighted by atomic mass is 19.4. The van der Waals surface area contributed by atoms with Crippen LogP contribution in [0, 0.1) is 11.6 Å². The third-order valence-electron chi connectivity index (χ3n) is 2.68. The molecule has 2 rings (SSSR count). The SMILES string of the molecule is Fc1cc(CNNc2ccccc2)cc(F)c1C(F)(F)F. The van der Waals surface area contributed by atoms with Crippen LogP contribution in [0.4, 0.5) is 27.6 Å². The Kier molecular flexibility index (Phi) is 4.42. The predicted molar refractivity (Wildman–Crippen MR) is 68.3 cm³/mol. The molecule has 2 aromatic rings. The monoisotopic (exact) mass is 302 g/mol. The van der Waals surface area contributed by atoms with Gasteiger partial charge in [-0.25, -0.2) is 14.2 Å². The van der Waals surface area contributed by atoms with Gasteiger partial charge in [-0.15, -0.1) is 0 Å². The highest BCUT2D eigenvalue weighted by Gasteiger charge is 2.37. The van der Waals surface area contributed by atoms with E-state index in [1.54, 1.807) is 24.3 Å². The van der Waals surface area contributed by atoms with Crippen LogP contribution in [0.25, 0.3) is 0 Å². The highest BCUT2D eigenvalue weighted by molar-refractivity contribution is 5.41. The number of benzene rings is 2. The fourth-order valence-electron chi connectivity index (χ4n) is 1.77. The van der Waals surface area contributed by atoms with Gasteiger partial charge in [-0.05, 0) is 29.8 Å². The fourth-order valence-corrected chi connectivity index (χ4v) is 1.77. The second kappa shape index (κ2) is 6.09. The van der Waals surface area contributed by atoms with Crippen molar-refractivity contribution in [3.05, 3.63) is 65.2 Å². The van der Waals surface area contributed by atoms with Crippen molar-refractivity contribution in [2.45, 2.75) is 12.7 Å². The summed E-state index contributed by atoms with van der Waals surface area (Å²) in [7, 11) is 0. The van der Waals surface area contributed by atoms with Gasteiger partial charge in [0.15, 0.2) is 0 Å². The number of hydrogen-bond acceptors (Lipinski definition) is 2. The quantitative estimate of drug-likeness (QED) is 0.656. The summed E-state index contributed by atoms with van der Waals surface area (Å²) in [5, 5.41) is 0. The first kappa shape index (κ1) is 15.2. The van der Waals surface area contributed by atoms with E-state index >= 15 is 0 Å². The fraction of sp³-hybridized carbons (Fsp3) is 0.143. The molecule has 2 N–H and O–H groups in total. The zero-order valence-electron chi connectivity index (χ0n) is 10.6. The standard InChI is InChI=1S/C14H11F5N2/c15-11-6-9(7-12(16)13(11)14(17,18)19)8-20-21-10-4-2-1-3-5-10/h1-7,20-21H,8H2. The van der Waals surface area contributed by atoms with E-state index in [0.717, 1.165) is 0 Å². The number of nitrogens with one attached hydrogen (secondary N) is 2. The number of halogens is 5. The van der Waals surface area contributed by atoms with E-state index in [4.69, 9.17) is 0 Å². The van der Waals surface area contributed by atoms with Crippen LogP contribution in [0.3, 0.4) is 0 Å². The van der Waals surface area contributed by atoms with Crippen LogP contribution in [0.2, 0.25) is 0 Å². The lowest BCUT2D eigenvalue weighted by molar-refractivity contribution is -0.142. The van der Waals surface area contributed by atoms with Gasteiger partial charge in [0.2, 0.25) is 0 Å². The van der Waals surface area contributed by atoms with Crippen LogP contribution >= 0.6 is 0 Å². The van der Waals surface area contributed by atoms with Crippen molar-refractivity contribution in [3.8, 4) is 0 Å². The lowest BCUT2D eigenvalue weighted by Gasteiger charge is -2.12. The molecule has 0 saturated heterocycles. The van der Waals surface area contributed by atoms with Gasteiger partial charge in [0.25, 0.3) is 0 Å². The van der Waals surface area contributed by atoms with Crippen molar-refractivity contribution in [1.29, 1.82) is 0 Å². The number of anilines is 1. The second-order valence-electron chi connectivity index (χ2n) is 4.28. The van der Waals surface area contributed by atoms with Crippen LogP contribution < -0.4 is 10.9 Å². The Morgan fingerprint density at radius 1 is 0.905 bits per heavy atom. The number of alkyl halides is 3. The smallest absolute Gasteiger partial charge is 0.321 e. The number of para-hydroxylation sites is 1. The van der Waals surface area contributed by atoms with E-state index < -0.39 is 23.4 Å². The molecule has 2 aromatic carbocycles. The normalized spacial score (nSPS) is 11.5. The summed E-state index contributed by atoms with van der Waals surface area (Å²) in [4.78, 5) is 0. The number of hydrogen-bond donors (Lipinski definition) is 2. The largest absolute Gasteiger partial charge is 0.422 e. The van der Waals surface area contributed by atoms with Gasteiger partial charge in [0.1, 0.15) is 17.2 Å².